The first-order valence-corrected chi connectivity index (χ1v) is 11.4. The van der Waals surface area contributed by atoms with Gasteiger partial charge in [0.15, 0.2) is 4.90 Å². The van der Waals surface area contributed by atoms with Crippen LogP contribution in [0.25, 0.3) is 10.6 Å². The number of rotatable bonds is 5. The first-order valence-electron chi connectivity index (χ1n) is 9.11. The number of thiazole rings is 1. The van der Waals surface area contributed by atoms with E-state index in [1.54, 1.807) is 11.3 Å². The van der Waals surface area contributed by atoms with Crippen molar-refractivity contribution in [3.63, 3.8) is 0 Å². The zero-order valence-electron chi connectivity index (χ0n) is 15.5. The van der Waals surface area contributed by atoms with Crippen LogP contribution in [0.15, 0.2) is 58.8 Å². The van der Waals surface area contributed by atoms with E-state index in [-0.39, 0.29) is 13.1 Å². The summed E-state index contributed by atoms with van der Waals surface area (Å²) in [5.74, 6) is -2.13. The Hall–Kier alpha value is -2.20. The zero-order valence-corrected chi connectivity index (χ0v) is 17.1. The van der Waals surface area contributed by atoms with Crippen LogP contribution < -0.4 is 0 Å². The molecule has 2 heterocycles. The van der Waals surface area contributed by atoms with Gasteiger partial charge in [-0.25, -0.2) is 22.2 Å². The predicted molar refractivity (Wildman–Crippen MR) is 108 cm³/mol. The Kier molecular flexibility index (Phi) is 5.73. The molecular weight excluding hydrogens is 416 g/mol. The van der Waals surface area contributed by atoms with Gasteiger partial charge in [0.05, 0.1) is 5.69 Å². The van der Waals surface area contributed by atoms with Crippen LogP contribution in [0.2, 0.25) is 0 Å². The van der Waals surface area contributed by atoms with Crippen LogP contribution in [0.3, 0.4) is 0 Å². The summed E-state index contributed by atoms with van der Waals surface area (Å²) in [6.45, 7) is 1.88. The fourth-order valence-corrected chi connectivity index (χ4v) is 5.66. The van der Waals surface area contributed by atoms with Crippen molar-refractivity contribution in [1.29, 1.82) is 0 Å². The lowest BCUT2D eigenvalue weighted by molar-refractivity contribution is 0.180. The van der Waals surface area contributed by atoms with Crippen LogP contribution in [-0.4, -0.2) is 48.8 Å². The van der Waals surface area contributed by atoms with Gasteiger partial charge in [0, 0.05) is 43.7 Å². The summed E-state index contributed by atoms with van der Waals surface area (Å²) in [5.41, 5.74) is 1.98. The van der Waals surface area contributed by atoms with Crippen LogP contribution >= 0.6 is 11.3 Å². The van der Waals surface area contributed by atoms with Gasteiger partial charge in [0.25, 0.3) is 0 Å². The van der Waals surface area contributed by atoms with E-state index in [2.05, 4.69) is 9.88 Å². The third-order valence-corrected chi connectivity index (χ3v) is 7.70. The number of sulfonamides is 1. The average molecular weight is 436 g/mol. The lowest BCUT2D eigenvalue weighted by Gasteiger charge is -2.33. The monoisotopic (exact) mass is 435 g/mol. The molecule has 0 atom stereocenters. The van der Waals surface area contributed by atoms with Gasteiger partial charge < -0.3 is 0 Å². The van der Waals surface area contributed by atoms with E-state index in [0.29, 0.717) is 19.6 Å². The summed E-state index contributed by atoms with van der Waals surface area (Å²) in [6.07, 6.45) is 0. The molecule has 3 aromatic rings. The van der Waals surface area contributed by atoms with Gasteiger partial charge in [0.1, 0.15) is 16.6 Å². The maximum absolute atomic E-state index is 13.9. The average Bonchev–Trinajstić information content (AvgIpc) is 3.17. The van der Waals surface area contributed by atoms with Crippen molar-refractivity contribution in [2.75, 3.05) is 26.2 Å². The maximum Gasteiger partial charge on any atom is 0.249 e. The van der Waals surface area contributed by atoms with Gasteiger partial charge in [0.2, 0.25) is 10.0 Å². The van der Waals surface area contributed by atoms with Gasteiger partial charge in [-0.05, 0) is 12.1 Å². The smallest absolute Gasteiger partial charge is 0.249 e. The molecule has 0 spiro atoms. The second kappa shape index (κ2) is 8.27. The SMILES string of the molecule is O=S(=O)(c1c(F)cccc1F)N1CCN(Cc2csc(-c3ccccc3)n2)CC1. The summed E-state index contributed by atoms with van der Waals surface area (Å²) in [4.78, 5) is 5.88. The van der Waals surface area contributed by atoms with E-state index in [9.17, 15) is 17.2 Å². The Morgan fingerprint density at radius 2 is 1.59 bits per heavy atom. The minimum Gasteiger partial charge on any atom is -0.295 e. The number of aromatic nitrogens is 1. The molecule has 0 amide bonds. The topological polar surface area (TPSA) is 53.5 Å². The number of hydrogen-bond donors (Lipinski definition) is 0. The molecule has 1 aliphatic heterocycles. The largest absolute Gasteiger partial charge is 0.295 e. The van der Waals surface area contributed by atoms with E-state index in [1.165, 1.54) is 0 Å². The Balaban J connectivity index is 1.41. The summed E-state index contributed by atoms with van der Waals surface area (Å²) in [6, 6.07) is 13.0. The van der Waals surface area contributed by atoms with Crippen LogP contribution in [0.4, 0.5) is 8.78 Å². The molecular formula is C20H19F2N3O2S2. The van der Waals surface area contributed by atoms with Gasteiger partial charge in [-0.15, -0.1) is 11.3 Å². The number of hydrogen-bond acceptors (Lipinski definition) is 5. The first-order chi connectivity index (χ1) is 13.9. The van der Waals surface area contributed by atoms with Crippen LogP contribution in [0.5, 0.6) is 0 Å². The van der Waals surface area contributed by atoms with Crippen molar-refractivity contribution < 1.29 is 17.2 Å². The molecule has 1 aromatic heterocycles. The van der Waals surface area contributed by atoms with Crippen LogP contribution in [-0.2, 0) is 16.6 Å². The highest BCUT2D eigenvalue weighted by Crippen LogP contribution is 2.26. The number of piperazine rings is 1. The predicted octanol–water partition coefficient (Wildman–Crippen LogP) is 3.59. The second-order valence-electron chi connectivity index (χ2n) is 6.74. The van der Waals surface area contributed by atoms with Crippen molar-refractivity contribution in [1.82, 2.24) is 14.2 Å². The first kappa shape index (κ1) is 20.1. The third kappa shape index (κ3) is 4.23. The standard InChI is InChI=1S/C20H19F2N3O2S2/c21-17-7-4-8-18(22)19(17)29(26,27)25-11-9-24(10-12-25)13-16-14-28-20(23-16)15-5-2-1-3-6-15/h1-8,14H,9-13H2. The van der Waals surface area contributed by atoms with Gasteiger partial charge in [-0.2, -0.15) is 4.31 Å². The van der Waals surface area contributed by atoms with Crippen LogP contribution in [0, 0.1) is 11.6 Å². The highest BCUT2D eigenvalue weighted by atomic mass is 32.2. The number of nitrogens with zero attached hydrogens (tertiary/aromatic N) is 3. The summed E-state index contributed by atoms with van der Waals surface area (Å²) >= 11 is 1.57. The van der Waals surface area contributed by atoms with Gasteiger partial charge in [-0.3, -0.25) is 4.90 Å². The molecule has 1 fully saturated rings. The molecule has 0 bridgehead atoms. The molecule has 1 aliphatic rings. The molecule has 0 N–H and O–H groups in total. The Bertz CT molecular complexity index is 1080. The summed E-state index contributed by atoms with van der Waals surface area (Å²) in [5, 5.41) is 2.94. The Labute approximate surface area is 172 Å². The fraction of sp³-hybridized carbons (Fsp3) is 0.250. The van der Waals surface area contributed by atoms with Crippen molar-refractivity contribution in [2.45, 2.75) is 11.4 Å². The normalized spacial score (nSPS) is 16.2. The molecule has 1 saturated heterocycles. The molecule has 0 aliphatic carbocycles. The Morgan fingerprint density at radius 3 is 2.24 bits per heavy atom. The highest BCUT2D eigenvalue weighted by Gasteiger charge is 2.33. The van der Waals surface area contributed by atoms with Crippen LogP contribution in [0.1, 0.15) is 5.69 Å². The molecule has 4 rings (SSSR count). The van der Waals surface area contributed by atoms with E-state index >= 15 is 0 Å². The van der Waals surface area contributed by atoms with E-state index < -0.39 is 26.6 Å². The lowest BCUT2D eigenvalue weighted by Crippen LogP contribution is -2.48. The molecule has 9 heteroatoms. The van der Waals surface area contributed by atoms with E-state index in [0.717, 1.165) is 38.8 Å². The highest BCUT2D eigenvalue weighted by molar-refractivity contribution is 7.89. The molecule has 5 nitrogen and oxygen atoms in total. The fourth-order valence-electron chi connectivity index (χ4n) is 3.31. The van der Waals surface area contributed by atoms with Gasteiger partial charge >= 0.3 is 0 Å². The summed E-state index contributed by atoms with van der Waals surface area (Å²) < 4.78 is 54.4. The second-order valence-corrected chi connectivity index (χ2v) is 9.47. The minimum atomic E-state index is -4.21. The third-order valence-electron chi connectivity index (χ3n) is 4.81. The number of benzene rings is 2. The molecule has 0 unspecified atom stereocenters. The Morgan fingerprint density at radius 1 is 0.931 bits per heavy atom. The van der Waals surface area contributed by atoms with Crippen molar-refractivity contribution in [2.24, 2.45) is 0 Å². The molecule has 0 saturated carbocycles. The molecule has 29 heavy (non-hydrogen) atoms. The lowest BCUT2D eigenvalue weighted by atomic mass is 10.2. The molecule has 0 radical (unpaired) electrons. The summed E-state index contributed by atoms with van der Waals surface area (Å²) in [7, 11) is -4.21. The van der Waals surface area contributed by atoms with E-state index in [4.69, 9.17) is 0 Å². The minimum absolute atomic E-state index is 0.172. The zero-order chi connectivity index (χ0) is 20.4. The quantitative estimate of drug-likeness (QED) is 0.615. The molecule has 2 aromatic carbocycles. The van der Waals surface area contributed by atoms with Gasteiger partial charge in [-0.1, -0.05) is 36.4 Å². The van der Waals surface area contributed by atoms with Crippen molar-refractivity contribution in [3.8, 4) is 10.6 Å². The maximum atomic E-state index is 13.9. The number of halogens is 2. The molecule has 152 valence electrons. The van der Waals surface area contributed by atoms with Crippen molar-refractivity contribution in [3.05, 3.63) is 71.2 Å². The van der Waals surface area contributed by atoms with Crippen molar-refractivity contribution >= 4 is 21.4 Å². The van der Waals surface area contributed by atoms with E-state index in [1.807, 2.05) is 35.7 Å².